The Kier molecular flexibility index (Phi) is 4.83. The van der Waals surface area contributed by atoms with Gasteiger partial charge in [-0.3, -0.25) is 9.59 Å². The van der Waals surface area contributed by atoms with Gasteiger partial charge in [-0.2, -0.15) is 15.4 Å². The number of likely N-dealkylation sites (tertiary alicyclic amines) is 2. The molecule has 12 heteroatoms. The normalized spacial score (nSPS) is 24.5. The number of rotatable bonds is 3. The Hall–Kier alpha value is -4.09. The van der Waals surface area contributed by atoms with Crippen molar-refractivity contribution in [3.05, 3.63) is 53.7 Å². The van der Waals surface area contributed by atoms with Crippen LogP contribution in [0.4, 0.5) is 13.2 Å². The second kappa shape index (κ2) is 7.95. The summed E-state index contributed by atoms with van der Waals surface area (Å²) in [6, 6.07) is 11.0. The van der Waals surface area contributed by atoms with Gasteiger partial charge in [0.25, 0.3) is 11.8 Å². The fourth-order valence-corrected chi connectivity index (χ4v) is 6.75. The maximum absolute atomic E-state index is 13.4. The average Bonchev–Trinajstić information content (AvgIpc) is 3.64. The standard InChI is InChI=1S/C26H23F3N6O3/c1-33-22-5-3-15(38-26(27,28)29)6-14(22)8-23(33)25(37)35-11-18-16-9-34(10-17(16)19(18)12-35)24(36)13-2-4-20-21(7-13)31-32-30-20/h2-8,16-19H,9-12H2,1H3,(H,30,31,32)/t16-,17+,18+,19-. The SMILES string of the molecule is Cn1c(C(=O)N2C[C@@H]3[C@H]4CN(C(=O)c5ccc6n[nH]nc6c5)C[C@H]4[C@@H]3C2)cc2cc(OC(F)(F)F)ccc21. The molecule has 4 heterocycles. The van der Waals surface area contributed by atoms with Gasteiger partial charge in [0.15, 0.2) is 0 Å². The van der Waals surface area contributed by atoms with E-state index in [1.807, 2.05) is 9.80 Å². The second-order valence-electron chi connectivity index (χ2n) is 10.5. The van der Waals surface area contributed by atoms with Crippen LogP contribution in [0.3, 0.4) is 0 Å². The molecule has 0 unspecified atom stereocenters. The summed E-state index contributed by atoms with van der Waals surface area (Å²) < 4.78 is 43.6. The van der Waals surface area contributed by atoms with Gasteiger partial charge in [-0.15, -0.1) is 13.2 Å². The van der Waals surface area contributed by atoms with Gasteiger partial charge in [-0.05, 0) is 66.1 Å². The smallest absolute Gasteiger partial charge is 0.406 e. The molecule has 0 bridgehead atoms. The zero-order chi connectivity index (χ0) is 26.3. The summed E-state index contributed by atoms with van der Waals surface area (Å²) in [5.74, 6) is 0.909. The van der Waals surface area contributed by atoms with Gasteiger partial charge in [0.05, 0.1) is 0 Å². The maximum Gasteiger partial charge on any atom is 0.573 e. The summed E-state index contributed by atoms with van der Waals surface area (Å²) in [5.41, 5.74) is 3.04. The van der Waals surface area contributed by atoms with Gasteiger partial charge in [0, 0.05) is 49.7 Å². The Bertz CT molecular complexity index is 1590. The highest BCUT2D eigenvalue weighted by molar-refractivity contribution is 5.99. The van der Waals surface area contributed by atoms with E-state index in [1.165, 1.54) is 18.2 Å². The number of benzene rings is 2. The Morgan fingerprint density at radius 2 is 1.50 bits per heavy atom. The van der Waals surface area contributed by atoms with Crippen LogP contribution in [0.1, 0.15) is 20.8 Å². The Labute approximate surface area is 214 Å². The molecule has 3 aliphatic rings. The van der Waals surface area contributed by atoms with E-state index in [4.69, 9.17) is 0 Å². The van der Waals surface area contributed by atoms with Crippen molar-refractivity contribution in [3.8, 4) is 5.75 Å². The predicted octanol–water partition coefficient (Wildman–Crippen LogP) is 3.44. The Morgan fingerprint density at radius 3 is 2.16 bits per heavy atom. The molecule has 4 atom stereocenters. The number of carbonyl (C=O) groups excluding carboxylic acids is 2. The van der Waals surface area contributed by atoms with Crippen molar-refractivity contribution in [2.24, 2.45) is 30.7 Å². The zero-order valence-electron chi connectivity index (χ0n) is 20.3. The van der Waals surface area contributed by atoms with Crippen molar-refractivity contribution in [2.75, 3.05) is 26.2 Å². The highest BCUT2D eigenvalue weighted by Gasteiger charge is 2.59. The first-order valence-corrected chi connectivity index (χ1v) is 12.4. The first-order valence-electron chi connectivity index (χ1n) is 12.4. The first-order chi connectivity index (χ1) is 18.2. The summed E-state index contributed by atoms with van der Waals surface area (Å²) in [6.45, 7) is 2.56. The highest BCUT2D eigenvalue weighted by atomic mass is 19.4. The number of hydrogen-bond donors (Lipinski definition) is 1. The van der Waals surface area contributed by atoms with E-state index < -0.39 is 6.36 Å². The number of ether oxygens (including phenoxy) is 1. The van der Waals surface area contributed by atoms with Crippen molar-refractivity contribution >= 4 is 33.8 Å². The number of fused-ring (bicyclic) bond motifs is 6. The minimum absolute atomic E-state index is 0.0142. The predicted molar refractivity (Wildman–Crippen MR) is 129 cm³/mol. The summed E-state index contributed by atoms with van der Waals surface area (Å²) in [4.78, 5) is 30.4. The molecule has 9 nitrogen and oxygen atoms in total. The molecule has 1 N–H and O–H groups in total. The molecular formula is C26H23F3N6O3. The monoisotopic (exact) mass is 524 g/mol. The lowest BCUT2D eigenvalue weighted by Crippen LogP contribution is -2.44. The molecule has 38 heavy (non-hydrogen) atoms. The molecule has 2 saturated heterocycles. The third kappa shape index (κ3) is 3.53. The van der Waals surface area contributed by atoms with Crippen LogP contribution in [0.5, 0.6) is 5.75 Å². The van der Waals surface area contributed by atoms with E-state index in [-0.39, 0.29) is 17.6 Å². The van der Waals surface area contributed by atoms with Gasteiger partial charge in [0.2, 0.25) is 0 Å². The van der Waals surface area contributed by atoms with Crippen molar-refractivity contribution in [2.45, 2.75) is 6.36 Å². The van der Waals surface area contributed by atoms with E-state index in [0.29, 0.717) is 83.0 Å². The number of nitrogens with zero attached hydrogens (tertiary/aromatic N) is 5. The van der Waals surface area contributed by atoms with Gasteiger partial charge >= 0.3 is 6.36 Å². The Balaban J connectivity index is 1.04. The van der Waals surface area contributed by atoms with E-state index in [2.05, 4.69) is 20.1 Å². The molecule has 2 aromatic heterocycles. The van der Waals surface area contributed by atoms with Crippen LogP contribution in [0, 0.1) is 23.7 Å². The summed E-state index contributed by atoms with van der Waals surface area (Å²) in [6.07, 6.45) is -4.78. The number of aromatic amines is 1. The molecule has 7 rings (SSSR count). The van der Waals surface area contributed by atoms with Crippen LogP contribution in [0.2, 0.25) is 0 Å². The number of halogens is 3. The van der Waals surface area contributed by atoms with E-state index in [0.717, 1.165) is 0 Å². The largest absolute Gasteiger partial charge is 0.573 e. The summed E-state index contributed by atoms with van der Waals surface area (Å²) in [7, 11) is 1.74. The molecule has 0 radical (unpaired) electrons. The fraction of sp³-hybridized carbons (Fsp3) is 0.385. The van der Waals surface area contributed by atoms with Gasteiger partial charge in [0.1, 0.15) is 22.5 Å². The molecule has 2 aliphatic heterocycles. The summed E-state index contributed by atoms with van der Waals surface area (Å²) >= 11 is 0. The van der Waals surface area contributed by atoms with Crippen molar-refractivity contribution in [1.29, 1.82) is 0 Å². The molecular weight excluding hydrogens is 501 g/mol. The molecule has 196 valence electrons. The first kappa shape index (κ1) is 23.1. The van der Waals surface area contributed by atoms with Gasteiger partial charge in [-0.25, -0.2) is 0 Å². The summed E-state index contributed by atoms with van der Waals surface area (Å²) in [5, 5.41) is 11.2. The second-order valence-corrected chi connectivity index (χ2v) is 10.5. The molecule has 2 amide bonds. The van der Waals surface area contributed by atoms with E-state index >= 15 is 0 Å². The zero-order valence-corrected chi connectivity index (χ0v) is 20.3. The lowest BCUT2D eigenvalue weighted by molar-refractivity contribution is -0.274. The van der Waals surface area contributed by atoms with Crippen LogP contribution < -0.4 is 4.74 Å². The number of aromatic nitrogens is 4. The molecule has 4 aromatic rings. The van der Waals surface area contributed by atoms with Gasteiger partial charge in [-0.1, -0.05) is 0 Å². The van der Waals surface area contributed by atoms with Crippen LogP contribution >= 0.6 is 0 Å². The third-order valence-corrected chi connectivity index (χ3v) is 8.53. The average molecular weight is 525 g/mol. The number of H-pyrrole nitrogens is 1. The van der Waals surface area contributed by atoms with Crippen molar-refractivity contribution < 1.29 is 27.5 Å². The van der Waals surface area contributed by atoms with E-state index in [1.54, 1.807) is 35.9 Å². The lowest BCUT2D eigenvalue weighted by atomic mass is 9.60. The number of alkyl halides is 3. The number of hydrogen-bond acceptors (Lipinski definition) is 5. The molecule has 1 aliphatic carbocycles. The topological polar surface area (TPSA) is 96.4 Å². The molecule has 3 fully saturated rings. The quantitative estimate of drug-likeness (QED) is 0.443. The maximum atomic E-state index is 13.4. The van der Waals surface area contributed by atoms with Gasteiger partial charge < -0.3 is 19.1 Å². The number of carbonyl (C=O) groups is 2. The number of aryl methyl sites for hydroxylation is 1. The van der Waals surface area contributed by atoms with Crippen LogP contribution in [-0.2, 0) is 7.05 Å². The fourth-order valence-electron chi connectivity index (χ4n) is 6.75. The molecule has 1 saturated carbocycles. The minimum atomic E-state index is -4.78. The van der Waals surface area contributed by atoms with E-state index in [9.17, 15) is 22.8 Å². The van der Waals surface area contributed by atoms with Crippen LogP contribution in [0.25, 0.3) is 21.9 Å². The number of amides is 2. The highest BCUT2D eigenvalue weighted by Crippen LogP contribution is 2.54. The minimum Gasteiger partial charge on any atom is -0.406 e. The third-order valence-electron chi connectivity index (χ3n) is 8.53. The number of nitrogens with one attached hydrogen (secondary N) is 1. The van der Waals surface area contributed by atoms with Crippen LogP contribution in [0.15, 0.2) is 42.5 Å². The molecule has 0 spiro atoms. The lowest BCUT2D eigenvalue weighted by Gasteiger charge is -2.42. The van der Waals surface area contributed by atoms with Crippen molar-refractivity contribution in [3.63, 3.8) is 0 Å². The van der Waals surface area contributed by atoms with Crippen molar-refractivity contribution in [1.82, 2.24) is 29.8 Å². The van der Waals surface area contributed by atoms with Crippen LogP contribution in [-0.4, -0.2) is 74.1 Å². The Morgan fingerprint density at radius 1 is 0.868 bits per heavy atom. The molecule has 2 aromatic carbocycles.